The van der Waals surface area contributed by atoms with E-state index in [-0.39, 0.29) is 18.3 Å². The molecule has 1 N–H and O–H groups in total. The Labute approximate surface area is 109 Å². The predicted octanol–water partition coefficient (Wildman–Crippen LogP) is 3.08. The molecule has 18 heavy (non-hydrogen) atoms. The molecule has 1 aliphatic carbocycles. The van der Waals surface area contributed by atoms with Gasteiger partial charge in [0.25, 0.3) is 0 Å². The number of carbonyl (C=O) groups is 1. The molecule has 0 aliphatic heterocycles. The van der Waals surface area contributed by atoms with Crippen LogP contribution in [0.5, 0.6) is 0 Å². The molecular formula is C16H22O2. The summed E-state index contributed by atoms with van der Waals surface area (Å²) in [5.41, 5.74) is 2.87. The van der Waals surface area contributed by atoms with Crippen LogP contribution < -0.4 is 0 Å². The fraction of sp³-hybridized carbons (Fsp3) is 0.562. The number of fused-ring (bicyclic) bond motifs is 1. The van der Waals surface area contributed by atoms with E-state index in [1.54, 1.807) is 6.92 Å². The van der Waals surface area contributed by atoms with E-state index in [1.807, 2.05) is 0 Å². The third-order valence-electron chi connectivity index (χ3n) is 4.12. The summed E-state index contributed by atoms with van der Waals surface area (Å²) in [5, 5.41) is 9.06. The first-order valence-electron chi connectivity index (χ1n) is 6.91. The molecule has 2 atom stereocenters. The van der Waals surface area contributed by atoms with Gasteiger partial charge in [-0.1, -0.05) is 24.3 Å². The van der Waals surface area contributed by atoms with E-state index in [4.69, 9.17) is 5.11 Å². The van der Waals surface area contributed by atoms with Gasteiger partial charge in [0.05, 0.1) is 0 Å². The maximum Gasteiger partial charge on any atom is 0.133 e. The van der Waals surface area contributed by atoms with Crippen LogP contribution in [0.1, 0.15) is 49.7 Å². The summed E-state index contributed by atoms with van der Waals surface area (Å²) in [7, 11) is 0. The van der Waals surface area contributed by atoms with Gasteiger partial charge in [0.2, 0.25) is 0 Å². The number of Topliss-reactive ketones (excluding diaryl/α,β-unsaturated/α-hetero) is 1. The highest BCUT2D eigenvalue weighted by Gasteiger charge is 2.24. The number of rotatable bonds is 5. The van der Waals surface area contributed by atoms with E-state index in [1.165, 1.54) is 24.0 Å². The molecule has 0 radical (unpaired) electrons. The molecule has 0 spiro atoms. The van der Waals surface area contributed by atoms with Crippen molar-refractivity contribution in [1.29, 1.82) is 0 Å². The first-order chi connectivity index (χ1) is 8.72. The standard InChI is InChI=1S/C16H22O2/c1-12(18)14(9-10-17)11-15-7-4-6-13-5-2-3-8-16(13)15/h2-3,5,8,14-15,17H,4,6-7,9-11H2,1H3. The lowest BCUT2D eigenvalue weighted by molar-refractivity contribution is -0.121. The summed E-state index contributed by atoms with van der Waals surface area (Å²) in [6.07, 6.45) is 5.05. The highest BCUT2D eigenvalue weighted by Crippen LogP contribution is 2.36. The smallest absolute Gasteiger partial charge is 0.133 e. The van der Waals surface area contributed by atoms with E-state index in [9.17, 15) is 4.79 Å². The molecule has 0 fully saturated rings. The second-order valence-electron chi connectivity index (χ2n) is 5.34. The minimum absolute atomic E-state index is 0.0196. The molecule has 1 aromatic carbocycles. The van der Waals surface area contributed by atoms with Crippen molar-refractivity contribution in [3.63, 3.8) is 0 Å². The highest BCUT2D eigenvalue weighted by molar-refractivity contribution is 5.78. The Balaban J connectivity index is 2.12. The van der Waals surface area contributed by atoms with Crippen molar-refractivity contribution in [2.45, 2.75) is 44.9 Å². The molecule has 0 heterocycles. The van der Waals surface area contributed by atoms with Gasteiger partial charge in [0, 0.05) is 12.5 Å². The van der Waals surface area contributed by atoms with Crippen LogP contribution in [0.3, 0.4) is 0 Å². The third-order valence-corrected chi connectivity index (χ3v) is 4.12. The average Bonchev–Trinajstić information content (AvgIpc) is 2.38. The first-order valence-corrected chi connectivity index (χ1v) is 6.91. The van der Waals surface area contributed by atoms with Gasteiger partial charge in [-0.25, -0.2) is 0 Å². The molecule has 2 heteroatoms. The van der Waals surface area contributed by atoms with Gasteiger partial charge in [-0.05, 0) is 56.1 Å². The molecule has 1 aromatic rings. The van der Waals surface area contributed by atoms with E-state index >= 15 is 0 Å². The Morgan fingerprint density at radius 2 is 2.22 bits per heavy atom. The number of aliphatic hydroxyl groups excluding tert-OH is 1. The molecule has 2 rings (SSSR count). The van der Waals surface area contributed by atoms with Crippen molar-refractivity contribution in [3.8, 4) is 0 Å². The van der Waals surface area contributed by atoms with Gasteiger partial charge in [-0.15, -0.1) is 0 Å². The van der Waals surface area contributed by atoms with Gasteiger partial charge in [0.15, 0.2) is 0 Å². The Morgan fingerprint density at radius 3 is 2.94 bits per heavy atom. The molecule has 0 aromatic heterocycles. The fourth-order valence-corrected chi connectivity index (χ4v) is 3.09. The van der Waals surface area contributed by atoms with Crippen LogP contribution in [0.2, 0.25) is 0 Å². The van der Waals surface area contributed by atoms with Crippen molar-refractivity contribution in [1.82, 2.24) is 0 Å². The largest absolute Gasteiger partial charge is 0.396 e. The quantitative estimate of drug-likeness (QED) is 0.867. The van der Waals surface area contributed by atoms with Crippen LogP contribution in [-0.4, -0.2) is 17.5 Å². The zero-order chi connectivity index (χ0) is 13.0. The van der Waals surface area contributed by atoms with Gasteiger partial charge < -0.3 is 5.11 Å². The summed E-state index contributed by atoms with van der Waals surface area (Å²) in [6.45, 7) is 1.76. The molecule has 2 unspecified atom stereocenters. The van der Waals surface area contributed by atoms with Crippen LogP contribution in [0.25, 0.3) is 0 Å². The van der Waals surface area contributed by atoms with Gasteiger partial charge in [0.1, 0.15) is 5.78 Å². The number of benzene rings is 1. The van der Waals surface area contributed by atoms with Gasteiger partial charge >= 0.3 is 0 Å². The zero-order valence-electron chi connectivity index (χ0n) is 11.1. The van der Waals surface area contributed by atoms with Crippen LogP contribution >= 0.6 is 0 Å². The number of ketones is 1. The lowest BCUT2D eigenvalue weighted by atomic mass is 9.77. The molecule has 1 aliphatic rings. The fourth-order valence-electron chi connectivity index (χ4n) is 3.09. The Hall–Kier alpha value is -1.15. The topological polar surface area (TPSA) is 37.3 Å². The second kappa shape index (κ2) is 6.14. The highest BCUT2D eigenvalue weighted by atomic mass is 16.3. The molecule has 0 saturated heterocycles. The van der Waals surface area contributed by atoms with Gasteiger partial charge in [-0.3, -0.25) is 4.79 Å². The summed E-state index contributed by atoms with van der Waals surface area (Å²) in [6, 6.07) is 8.59. The molecule has 0 bridgehead atoms. The second-order valence-corrected chi connectivity index (χ2v) is 5.34. The molecular weight excluding hydrogens is 224 g/mol. The number of aryl methyl sites for hydroxylation is 1. The Morgan fingerprint density at radius 1 is 1.44 bits per heavy atom. The first kappa shape index (κ1) is 13.3. The van der Waals surface area contributed by atoms with Crippen molar-refractivity contribution in [2.75, 3.05) is 6.61 Å². The van der Waals surface area contributed by atoms with Gasteiger partial charge in [-0.2, -0.15) is 0 Å². The van der Waals surface area contributed by atoms with Crippen molar-refractivity contribution in [2.24, 2.45) is 5.92 Å². The zero-order valence-corrected chi connectivity index (χ0v) is 11.1. The summed E-state index contributed by atoms with van der Waals surface area (Å²) in [5.74, 6) is 0.730. The van der Waals surface area contributed by atoms with E-state index in [0.29, 0.717) is 12.3 Å². The lowest BCUT2D eigenvalue weighted by Crippen LogP contribution is -2.19. The summed E-state index contributed by atoms with van der Waals surface area (Å²) in [4.78, 5) is 11.6. The summed E-state index contributed by atoms with van der Waals surface area (Å²) >= 11 is 0. The SMILES string of the molecule is CC(=O)C(CCO)CC1CCCc2ccccc21. The maximum absolute atomic E-state index is 11.6. The Bertz CT molecular complexity index is 411. The molecule has 2 nitrogen and oxygen atoms in total. The summed E-state index contributed by atoms with van der Waals surface area (Å²) < 4.78 is 0. The molecule has 98 valence electrons. The van der Waals surface area contributed by atoms with E-state index < -0.39 is 0 Å². The predicted molar refractivity (Wildman–Crippen MR) is 72.6 cm³/mol. The average molecular weight is 246 g/mol. The van der Waals surface area contributed by atoms with Crippen molar-refractivity contribution in [3.05, 3.63) is 35.4 Å². The monoisotopic (exact) mass is 246 g/mol. The molecule has 0 amide bonds. The van der Waals surface area contributed by atoms with Crippen molar-refractivity contribution >= 4 is 5.78 Å². The number of carbonyl (C=O) groups excluding carboxylic acids is 1. The maximum atomic E-state index is 11.6. The number of hydrogen-bond acceptors (Lipinski definition) is 2. The number of hydrogen-bond donors (Lipinski definition) is 1. The van der Waals surface area contributed by atoms with Crippen LogP contribution in [0.15, 0.2) is 24.3 Å². The van der Waals surface area contributed by atoms with Crippen LogP contribution in [0, 0.1) is 5.92 Å². The Kier molecular flexibility index (Phi) is 4.54. The lowest BCUT2D eigenvalue weighted by Gasteiger charge is -2.28. The minimum atomic E-state index is 0.0196. The third kappa shape index (κ3) is 2.99. The van der Waals surface area contributed by atoms with Crippen LogP contribution in [0.4, 0.5) is 0 Å². The number of aliphatic hydroxyl groups is 1. The minimum Gasteiger partial charge on any atom is -0.396 e. The van der Waals surface area contributed by atoms with E-state index in [2.05, 4.69) is 24.3 Å². The molecule has 0 saturated carbocycles. The normalized spacial score (nSPS) is 20.2. The van der Waals surface area contributed by atoms with Crippen LogP contribution in [-0.2, 0) is 11.2 Å². The van der Waals surface area contributed by atoms with E-state index in [0.717, 1.165) is 12.8 Å². The van der Waals surface area contributed by atoms with Crippen molar-refractivity contribution < 1.29 is 9.90 Å².